The van der Waals surface area contributed by atoms with Crippen molar-refractivity contribution >= 4 is 17.9 Å². The van der Waals surface area contributed by atoms with Gasteiger partial charge in [-0.05, 0) is 110 Å². The van der Waals surface area contributed by atoms with Crippen LogP contribution in [0.3, 0.4) is 0 Å². The normalized spacial score (nSPS) is 18.2. The van der Waals surface area contributed by atoms with Crippen LogP contribution in [-0.2, 0) is 30.8 Å². The number of piperidine rings is 1. The molecule has 0 radical (unpaired) electrons. The fraction of sp³-hybridized carbons (Fsp3) is 0.424. The first kappa shape index (κ1) is 26.2. The van der Waals surface area contributed by atoms with Gasteiger partial charge in [0.2, 0.25) is 0 Å². The van der Waals surface area contributed by atoms with E-state index < -0.39 is 0 Å². The van der Waals surface area contributed by atoms with E-state index in [-0.39, 0.29) is 5.92 Å². The van der Waals surface area contributed by atoms with Crippen molar-refractivity contribution in [2.24, 2.45) is 5.92 Å². The molecule has 0 N–H and O–H groups in total. The topological polar surface area (TPSA) is 23.6 Å². The van der Waals surface area contributed by atoms with Crippen LogP contribution in [0.4, 0.5) is 0 Å². The van der Waals surface area contributed by atoms with Crippen LogP contribution >= 0.6 is 11.6 Å². The molecule has 3 nitrogen and oxygen atoms in total. The first-order chi connectivity index (χ1) is 18.1. The molecule has 1 unspecified atom stereocenters. The maximum absolute atomic E-state index is 12.3. The van der Waals surface area contributed by atoms with E-state index in [9.17, 15) is 4.79 Å². The lowest BCUT2D eigenvalue weighted by molar-refractivity contribution is -0.109. The van der Waals surface area contributed by atoms with Gasteiger partial charge in [-0.3, -0.25) is 9.80 Å². The fourth-order valence-electron chi connectivity index (χ4n) is 6.15. The van der Waals surface area contributed by atoms with Gasteiger partial charge in [-0.25, -0.2) is 0 Å². The number of halogens is 1. The Morgan fingerprint density at radius 2 is 1.76 bits per heavy atom. The monoisotopic (exact) mass is 514 g/mol. The van der Waals surface area contributed by atoms with Crippen molar-refractivity contribution in [2.45, 2.75) is 64.6 Å². The highest BCUT2D eigenvalue weighted by Crippen LogP contribution is 2.32. The van der Waals surface area contributed by atoms with Crippen molar-refractivity contribution in [3.63, 3.8) is 0 Å². The van der Waals surface area contributed by atoms with E-state index in [0.29, 0.717) is 5.92 Å². The molecule has 2 heterocycles. The third-order valence-corrected chi connectivity index (χ3v) is 8.62. The summed E-state index contributed by atoms with van der Waals surface area (Å²) in [4.78, 5) is 17.4. The molecule has 1 saturated heterocycles. The Labute approximate surface area is 227 Å². The average molecular weight is 515 g/mol. The van der Waals surface area contributed by atoms with Gasteiger partial charge in [0.25, 0.3) is 0 Å². The van der Waals surface area contributed by atoms with Crippen molar-refractivity contribution in [1.29, 1.82) is 0 Å². The van der Waals surface area contributed by atoms with E-state index in [4.69, 9.17) is 11.6 Å². The van der Waals surface area contributed by atoms with Gasteiger partial charge in [0.05, 0.1) is 0 Å². The zero-order valence-electron chi connectivity index (χ0n) is 22.0. The number of rotatable bonds is 8. The fourth-order valence-corrected chi connectivity index (χ4v) is 6.36. The molecule has 0 aliphatic carbocycles. The third kappa shape index (κ3) is 6.90. The first-order valence-electron chi connectivity index (χ1n) is 13.9. The van der Waals surface area contributed by atoms with Gasteiger partial charge in [0.1, 0.15) is 6.29 Å². The number of carbonyl (C=O) groups is 1. The Bertz CT molecular complexity index is 1200. The molecule has 2 aliphatic rings. The summed E-state index contributed by atoms with van der Waals surface area (Å²) in [7, 11) is 0. The minimum Gasteiger partial charge on any atom is -0.303 e. The maximum atomic E-state index is 12.3. The van der Waals surface area contributed by atoms with Gasteiger partial charge in [-0.1, -0.05) is 66.2 Å². The van der Waals surface area contributed by atoms with Crippen LogP contribution < -0.4 is 0 Å². The van der Waals surface area contributed by atoms with E-state index in [1.807, 2.05) is 12.1 Å². The first-order valence-corrected chi connectivity index (χ1v) is 14.3. The second-order valence-electron chi connectivity index (χ2n) is 11.1. The molecule has 1 atom stereocenters. The number of nitrogens with zero attached hydrogens (tertiary/aromatic N) is 2. The van der Waals surface area contributed by atoms with Crippen LogP contribution in [-0.4, -0.2) is 35.7 Å². The molecule has 1 fully saturated rings. The van der Waals surface area contributed by atoms with Crippen molar-refractivity contribution in [3.05, 3.63) is 105 Å². The quantitative estimate of drug-likeness (QED) is 0.297. The van der Waals surface area contributed by atoms with Gasteiger partial charge in [-0.15, -0.1) is 0 Å². The summed E-state index contributed by atoms with van der Waals surface area (Å²) >= 11 is 6.22. The molecule has 0 amide bonds. The molecule has 0 bridgehead atoms. The number of aryl methyl sites for hydroxylation is 2. The molecule has 5 rings (SSSR count). The summed E-state index contributed by atoms with van der Waals surface area (Å²) in [6.07, 6.45) is 6.77. The SMILES string of the molecule is Cc1ccccc1CN1CCC(CC(C=O)c2ccc3c(c2)CN(Cc2cccc(Cl)c2)CCC3)CC1. The lowest BCUT2D eigenvalue weighted by atomic mass is 9.83. The third-order valence-electron chi connectivity index (χ3n) is 8.38. The van der Waals surface area contributed by atoms with Crippen LogP contribution in [0.15, 0.2) is 66.7 Å². The molecular weight excluding hydrogens is 476 g/mol. The minimum absolute atomic E-state index is 0.0112. The van der Waals surface area contributed by atoms with Crippen LogP contribution in [0.25, 0.3) is 0 Å². The summed E-state index contributed by atoms with van der Waals surface area (Å²) < 4.78 is 0. The number of fused-ring (bicyclic) bond motifs is 1. The van der Waals surface area contributed by atoms with E-state index in [0.717, 1.165) is 63.6 Å². The summed E-state index contributed by atoms with van der Waals surface area (Å²) in [5.74, 6) is 0.601. The molecule has 194 valence electrons. The molecule has 37 heavy (non-hydrogen) atoms. The average Bonchev–Trinajstić information content (AvgIpc) is 3.10. The van der Waals surface area contributed by atoms with E-state index in [2.05, 4.69) is 71.3 Å². The standard InChI is InChI=1S/C33H39ClN2O/c1-25-6-2-3-8-30(25)22-35-16-13-26(14-17-35)18-32(24-37)29-12-11-28-9-5-15-36(23-31(28)20-29)21-27-7-4-10-33(34)19-27/h2-4,6-8,10-12,19-20,24,26,32H,5,9,13-18,21-23H2,1H3. The highest BCUT2D eigenvalue weighted by molar-refractivity contribution is 6.30. The highest BCUT2D eigenvalue weighted by Gasteiger charge is 2.24. The lowest BCUT2D eigenvalue weighted by Crippen LogP contribution is -2.34. The molecule has 0 saturated carbocycles. The smallest absolute Gasteiger partial charge is 0.127 e. The van der Waals surface area contributed by atoms with Crippen molar-refractivity contribution in [1.82, 2.24) is 9.80 Å². The number of aldehydes is 1. The predicted octanol–water partition coefficient (Wildman–Crippen LogP) is 7.18. The van der Waals surface area contributed by atoms with Crippen LogP contribution in [0.1, 0.15) is 65.0 Å². The Morgan fingerprint density at radius 1 is 0.919 bits per heavy atom. The Morgan fingerprint density at radius 3 is 2.54 bits per heavy atom. The molecular formula is C33H39ClN2O. The zero-order valence-corrected chi connectivity index (χ0v) is 22.8. The van der Waals surface area contributed by atoms with Crippen LogP contribution in [0.2, 0.25) is 5.02 Å². The molecule has 0 aromatic heterocycles. The number of likely N-dealkylation sites (tertiary alicyclic amines) is 1. The van der Waals surface area contributed by atoms with Crippen molar-refractivity contribution in [2.75, 3.05) is 19.6 Å². The molecule has 2 aliphatic heterocycles. The van der Waals surface area contributed by atoms with Crippen molar-refractivity contribution < 1.29 is 4.79 Å². The predicted molar refractivity (Wildman–Crippen MR) is 153 cm³/mol. The van der Waals surface area contributed by atoms with Gasteiger partial charge < -0.3 is 4.79 Å². The second kappa shape index (κ2) is 12.4. The molecule has 3 aromatic carbocycles. The Kier molecular flexibility index (Phi) is 8.76. The van der Waals surface area contributed by atoms with E-state index >= 15 is 0 Å². The lowest BCUT2D eigenvalue weighted by Gasteiger charge is -2.33. The minimum atomic E-state index is -0.0112. The molecule has 4 heteroatoms. The highest BCUT2D eigenvalue weighted by atomic mass is 35.5. The maximum Gasteiger partial charge on any atom is 0.127 e. The van der Waals surface area contributed by atoms with E-state index in [1.54, 1.807) is 0 Å². The number of benzene rings is 3. The van der Waals surface area contributed by atoms with Gasteiger partial charge in [-0.2, -0.15) is 0 Å². The second-order valence-corrected chi connectivity index (χ2v) is 11.5. The number of hydrogen-bond acceptors (Lipinski definition) is 3. The van der Waals surface area contributed by atoms with Gasteiger partial charge >= 0.3 is 0 Å². The van der Waals surface area contributed by atoms with Crippen LogP contribution in [0.5, 0.6) is 0 Å². The van der Waals surface area contributed by atoms with Crippen LogP contribution in [0, 0.1) is 12.8 Å². The Balaban J connectivity index is 1.20. The van der Waals surface area contributed by atoms with Gasteiger partial charge in [0.15, 0.2) is 0 Å². The largest absolute Gasteiger partial charge is 0.303 e. The number of carbonyl (C=O) groups excluding carboxylic acids is 1. The summed E-state index contributed by atoms with van der Waals surface area (Å²) in [6, 6.07) is 23.7. The zero-order chi connectivity index (χ0) is 25.6. The molecule has 3 aromatic rings. The Hall–Kier alpha value is -2.46. The molecule has 0 spiro atoms. The summed E-state index contributed by atoms with van der Waals surface area (Å²) in [5, 5.41) is 0.796. The summed E-state index contributed by atoms with van der Waals surface area (Å²) in [6.45, 7) is 8.39. The van der Waals surface area contributed by atoms with Gasteiger partial charge in [0, 0.05) is 30.6 Å². The number of hydrogen-bond donors (Lipinski definition) is 0. The van der Waals surface area contributed by atoms with Crippen molar-refractivity contribution in [3.8, 4) is 0 Å². The van der Waals surface area contributed by atoms with E-state index in [1.165, 1.54) is 52.5 Å². The summed E-state index contributed by atoms with van der Waals surface area (Å²) in [5.41, 5.74) is 8.08.